The van der Waals surface area contributed by atoms with Crippen LogP contribution >= 0.6 is 0 Å². The van der Waals surface area contributed by atoms with Gasteiger partial charge in [-0.05, 0) is 149 Å². The second kappa shape index (κ2) is 21.7. The lowest BCUT2D eigenvalue weighted by Crippen LogP contribution is -2.28. The summed E-state index contributed by atoms with van der Waals surface area (Å²) < 4.78 is 80.2. The number of nitrogens with zero attached hydrogens (tertiary/aromatic N) is 1. The van der Waals surface area contributed by atoms with Crippen LogP contribution in [-0.2, 0) is 31.9 Å². The molecular weight excluding hydrogens is 945 g/mol. The molecule has 10 heteroatoms. The molecule has 382 valence electrons. The molecule has 4 aliphatic rings. The Hall–Kier alpha value is -6.68. The zero-order chi connectivity index (χ0) is 52.5. The Kier molecular flexibility index (Phi) is 15.3. The van der Waals surface area contributed by atoms with Crippen molar-refractivity contribution in [3.05, 3.63) is 184 Å². The van der Waals surface area contributed by atoms with Crippen LogP contribution in [0, 0.1) is 36.5 Å². The van der Waals surface area contributed by atoms with E-state index < -0.39 is 29.6 Å². The van der Waals surface area contributed by atoms with Crippen molar-refractivity contribution in [3.63, 3.8) is 0 Å². The molecule has 6 aromatic carbocycles. The number of Topliss-reactive ketones (excluding diaryl/α,β-unsaturated/α-hetero) is 3. The van der Waals surface area contributed by atoms with E-state index in [1.54, 1.807) is 30.3 Å². The largest absolute Gasteiger partial charge is 0.416 e. The number of aromatic nitrogens is 1. The Bertz CT molecular complexity index is 3200. The molecule has 1 heterocycles. The molecule has 3 unspecified atom stereocenters. The lowest BCUT2D eigenvalue weighted by atomic mass is 9.78. The minimum Gasteiger partial charge on any atom is -0.294 e. The molecule has 1 saturated carbocycles. The Labute approximate surface area is 429 Å². The van der Waals surface area contributed by atoms with E-state index in [2.05, 4.69) is 24.0 Å². The number of pyridine rings is 1. The first-order valence-corrected chi connectivity index (χ1v) is 26.1. The number of rotatable bonds is 8. The number of hydrogen-bond donors (Lipinski definition) is 0. The number of carbonyl (C=O) groups excluding carboxylic acids is 3. The van der Waals surface area contributed by atoms with E-state index in [4.69, 9.17) is 0 Å². The summed E-state index contributed by atoms with van der Waals surface area (Å²) >= 11 is 0. The molecule has 7 aromatic rings. The van der Waals surface area contributed by atoms with Gasteiger partial charge in [0, 0.05) is 40.3 Å². The van der Waals surface area contributed by atoms with Crippen molar-refractivity contribution in [1.29, 1.82) is 0 Å². The fourth-order valence-electron chi connectivity index (χ4n) is 11.9. The second-order valence-electron chi connectivity index (χ2n) is 20.9. The van der Waals surface area contributed by atoms with Crippen LogP contribution in [0.5, 0.6) is 0 Å². The van der Waals surface area contributed by atoms with Crippen molar-refractivity contribution < 1.29 is 40.7 Å². The summed E-state index contributed by atoms with van der Waals surface area (Å²) in [5, 5.41) is 1.94. The summed E-state index contributed by atoms with van der Waals surface area (Å²) in [6.45, 7) is 8.03. The van der Waals surface area contributed by atoms with Crippen molar-refractivity contribution in [2.45, 2.75) is 111 Å². The SMILES string of the molecule is CC(C)C1Cc2cc(C(F)(F)F)cc(-c3ccccc3)c2C1=O.CCCCc1ccc(-c2cccc3ccccc23)c2c1CC(C(F)(F)F)C2=O.Cc1cc2c(c(-c3ccccn3)c1)C(=O)C(C1CCCCC1)C2. The summed E-state index contributed by atoms with van der Waals surface area (Å²) in [5.41, 5.74) is 9.86. The first-order valence-electron chi connectivity index (χ1n) is 26.1. The van der Waals surface area contributed by atoms with Crippen LogP contribution in [0.3, 0.4) is 0 Å². The Morgan fingerprint density at radius 3 is 2.00 bits per heavy atom. The maximum absolute atomic E-state index is 13.5. The van der Waals surface area contributed by atoms with Crippen molar-refractivity contribution in [2.75, 3.05) is 0 Å². The Morgan fingerprint density at radius 2 is 1.31 bits per heavy atom. The fourth-order valence-corrected chi connectivity index (χ4v) is 11.9. The number of benzene rings is 6. The van der Waals surface area contributed by atoms with Gasteiger partial charge in [-0.3, -0.25) is 19.4 Å². The number of hydrogen-bond acceptors (Lipinski definition) is 4. The summed E-state index contributed by atoms with van der Waals surface area (Å²) in [4.78, 5) is 43.3. The van der Waals surface area contributed by atoms with Gasteiger partial charge >= 0.3 is 12.4 Å². The highest BCUT2D eigenvalue weighted by atomic mass is 19.4. The second-order valence-corrected chi connectivity index (χ2v) is 20.9. The van der Waals surface area contributed by atoms with Crippen molar-refractivity contribution in [3.8, 4) is 33.5 Å². The average molecular weight is 1010 g/mol. The molecule has 11 rings (SSSR count). The molecule has 4 nitrogen and oxygen atoms in total. The van der Waals surface area contributed by atoms with E-state index in [0.717, 1.165) is 70.1 Å². The molecule has 0 radical (unpaired) electrons. The standard InChI is InChI=1S/C24H21F3O.C21H23NO.C19H17F3O/c1-2-3-7-16-12-13-19(18-11-6-9-15-8-4-5-10-17(15)18)22-20(16)14-21(23(22)28)24(25,26)27;1-14-11-16-13-17(15-7-3-2-4-8-15)21(23)20(16)18(12-14)19-9-5-6-10-22-19;1-11(2)15-9-13-8-14(19(20,21)22)10-16(17(13)18(15)23)12-6-4-3-5-7-12/h4-6,8-13,21H,2-3,7,14H2,1H3;5-6,9-12,15,17H,2-4,7-8,13H2,1H3;3-8,10-11,15H,9H2,1-2H3. The fraction of sp³-hybridized carbons (Fsp3) is 0.344. The zero-order valence-corrected chi connectivity index (χ0v) is 42.3. The highest BCUT2D eigenvalue weighted by molar-refractivity contribution is 6.12. The first kappa shape index (κ1) is 52.2. The molecule has 0 saturated heterocycles. The van der Waals surface area contributed by atoms with Gasteiger partial charge < -0.3 is 0 Å². The summed E-state index contributed by atoms with van der Waals surface area (Å²) in [5.74, 6) is -1.74. The van der Waals surface area contributed by atoms with Crippen LogP contribution in [0.25, 0.3) is 44.3 Å². The van der Waals surface area contributed by atoms with Crippen LogP contribution in [0.4, 0.5) is 26.3 Å². The van der Waals surface area contributed by atoms with Gasteiger partial charge in [-0.1, -0.05) is 149 Å². The minimum atomic E-state index is -4.52. The monoisotopic (exact) mass is 1010 g/mol. The number of aryl methyl sites for hydroxylation is 2. The van der Waals surface area contributed by atoms with Gasteiger partial charge in [-0.15, -0.1) is 0 Å². The molecule has 0 N–H and O–H groups in total. The number of carbonyl (C=O) groups is 3. The maximum atomic E-state index is 13.5. The van der Waals surface area contributed by atoms with Gasteiger partial charge in [0.05, 0.1) is 11.3 Å². The van der Waals surface area contributed by atoms with Crippen molar-refractivity contribution in [2.24, 2.45) is 29.6 Å². The maximum Gasteiger partial charge on any atom is 0.416 e. The highest BCUT2D eigenvalue weighted by Gasteiger charge is 2.50. The van der Waals surface area contributed by atoms with Crippen LogP contribution in [0.1, 0.15) is 130 Å². The molecule has 0 aliphatic heterocycles. The van der Waals surface area contributed by atoms with E-state index >= 15 is 0 Å². The highest BCUT2D eigenvalue weighted by Crippen LogP contribution is 2.46. The van der Waals surface area contributed by atoms with E-state index in [0.29, 0.717) is 57.9 Å². The molecule has 0 spiro atoms. The van der Waals surface area contributed by atoms with Gasteiger partial charge in [0.1, 0.15) is 5.92 Å². The smallest absolute Gasteiger partial charge is 0.294 e. The Balaban J connectivity index is 0.000000137. The van der Waals surface area contributed by atoms with Crippen LogP contribution in [-0.4, -0.2) is 28.5 Å². The lowest BCUT2D eigenvalue weighted by Gasteiger charge is -2.26. The molecule has 3 atom stereocenters. The number of ketones is 3. The zero-order valence-electron chi connectivity index (χ0n) is 42.3. The van der Waals surface area contributed by atoms with E-state index in [1.807, 2.05) is 99.8 Å². The minimum absolute atomic E-state index is 0.0393. The number of alkyl halides is 6. The number of fused-ring (bicyclic) bond motifs is 4. The summed E-state index contributed by atoms with van der Waals surface area (Å²) in [6.07, 6.45) is 2.86. The lowest BCUT2D eigenvalue weighted by molar-refractivity contribution is -0.158. The molecule has 0 amide bonds. The first-order chi connectivity index (χ1) is 35.4. The summed E-state index contributed by atoms with van der Waals surface area (Å²) in [6, 6.07) is 38.6. The molecule has 0 bridgehead atoms. The van der Waals surface area contributed by atoms with Crippen LogP contribution in [0.15, 0.2) is 134 Å². The van der Waals surface area contributed by atoms with Gasteiger partial charge in [0.2, 0.25) is 0 Å². The predicted molar refractivity (Wildman–Crippen MR) is 281 cm³/mol. The summed E-state index contributed by atoms with van der Waals surface area (Å²) in [7, 11) is 0. The van der Waals surface area contributed by atoms with Gasteiger partial charge in [-0.25, -0.2) is 0 Å². The normalized spacial score (nSPS) is 18.4. The van der Waals surface area contributed by atoms with E-state index in [-0.39, 0.29) is 35.5 Å². The number of halogens is 6. The van der Waals surface area contributed by atoms with Gasteiger partial charge in [0.25, 0.3) is 0 Å². The third kappa shape index (κ3) is 10.6. The molecule has 4 aliphatic carbocycles. The molecule has 74 heavy (non-hydrogen) atoms. The predicted octanol–water partition coefficient (Wildman–Crippen LogP) is 17.1. The molecule has 1 fully saturated rings. The van der Waals surface area contributed by atoms with Crippen LogP contribution < -0.4 is 0 Å². The van der Waals surface area contributed by atoms with Crippen molar-refractivity contribution in [1.82, 2.24) is 4.98 Å². The molecular formula is C64H61F6NO3. The van der Waals surface area contributed by atoms with Crippen LogP contribution in [0.2, 0.25) is 0 Å². The van der Waals surface area contributed by atoms with E-state index in [9.17, 15) is 40.7 Å². The topological polar surface area (TPSA) is 64.1 Å². The number of unbranched alkanes of at least 4 members (excludes halogenated alkanes) is 1. The van der Waals surface area contributed by atoms with Crippen molar-refractivity contribution >= 4 is 28.1 Å². The third-order valence-corrected chi connectivity index (χ3v) is 15.7. The Morgan fingerprint density at radius 1 is 0.622 bits per heavy atom. The third-order valence-electron chi connectivity index (χ3n) is 15.7. The quantitative estimate of drug-likeness (QED) is 0.142. The molecule has 1 aromatic heterocycles. The van der Waals surface area contributed by atoms with E-state index in [1.165, 1.54) is 43.2 Å². The average Bonchev–Trinajstić information content (AvgIpc) is 4.06. The van der Waals surface area contributed by atoms with Gasteiger partial charge in [-0.2, -0.15) is 26.3 Å². The van der Waals surface area contributed by atoms with Gasteiger partial charge in [0.15, 0.2) is 17.3 Å².